The lowest BCUT2D eigenvalue weighted by Crippen LogP contribution is -2.29. The predicted octanol–water partition coefficient (Wildman–Crippen LogP) is 7.69. The molecule has 42 heavy (non-hydrogen) atoms. The van der Waals surface area contributed by atoms with Gasteiger partial charge in [-0.3, -0.25) is 14.5 Å². The molecule has 1 heterocycles. The van der Waals surface area contributed by atoms with E-state index in [4.69, 9.17) is 22.1 Å². The average molecular weight is 626 g/mol. The number of carboxylic acid groups (broad SMARTS) is 1. The minimum atomic E-state index is -4.98. The molecule has 4 rings (SSSR count). The second-order valence-electron chi connectivity index (χ2n) is 9.17. The van der Waals surface area contributed by atoms with Gasteiger partial charge in [-0.25, -0.2) is 0 Å². The van der Waals surface area contributed by atoms with E-state index in [0.29, 0.717) is 39.8 Å². The Hall–Kier alpha value is -3.84. The topological polar surface area (TPSA) is 66.8 Å². The van der Waals surface area contributed by atoms with Gasteiger partial charge in [0.1, 0.15) is 10.1 Å². The number of carbonyl (C=O) groups excluding carboxylic acids is 1. The highest BCUT2D eigenvalue weighted by molar-refractivity contribution is 8.26. The largest absolute Gasteiger partial charge is 0.494 e. The van der Waals surface area contributed by atoms with Crippen LogP contribution in [0.15, 0.2) is 71.6 Å². The first kappa shape index (κ1) is 31.1. The molecule has 3 aromatic carbocycles. The van der Waals surface area contributed by atoms with Gasteiger partial charge in [0, 0.05) is 6.54 Å². The number of hydrogen-bond donors (Lipinski definition) is 1. The summed E-state index contributed by atoms with van der Waals surface area (Å²) in [5, 5.41) is 8.92. The first-order chi connectivity index (χ1) is 19.7. The van der Waals surface area contributed by atoms with E-state index >= 15 is 0 Å². The van der Waals surface area contributed by atoms with Crippen molar-refractivity contribution in [1.82, 2.24) is 4.90 Å². The number of hydrogen-bond acceptors (Lipinski definition) is 5. The van der Waals surface area contributed by atoms with Gasteiger partial charge in [-0.2, -0.15) is 26.3 Å². The number of aliphatic carboxylic acids is 1. The summed E-state index contributed by atoms with van der Waals surface area (Å²) in [5.74, 6) is -0.869. The first-order valence-corrected chi connectivity index (χ1v) is 13.5. The average Bonchev–Trinajstić information content (AvgIpc) is 3.17. The van der Waals surface area contributed by atoms with Crippen LogP contribution in [0.4, 0.5) is 26.3 Å². The van der Waals surface area contributed by atoms with Crippen molar-refractivity contribution in [2.24, 2.45) is 0 Å². The van der Waals surface area contributed by atoms with Crippen molar-refractivity contribution in [1.29, 1.82) is 0 Å². The van der Waals surface area contributed by atoms with E-state index in [1.54, 1.807) is 30.3 Å². The number of carboxylic acids is 1. The van der Waals surface area contributed by atoms with Crippen LogP contribution in [0.5, 0.6) is 5.75 Å². The zero-order valence-electron chi connectivity index (χ0n) is 21.5. The van der Waals surface area contributed by atoms with Gasteiger partial charge in [0.2, 0.25) is 0 Å². The van der Waals surface area contributed by atoms with E-state index in [1.165, 1.54) is 29.2 Å². The highest BCUT2D eigenvalue weighted by Gasteiger charge is 2.37. The molecule has 0 spiro atoms. The van der Waals surface area contributed by atoms with Crippen molar-refractivity contribution in [3.63, 3.8) is 0 Å². The third kappa shape index (κ3) is 7.91. The van der Waals surface area contributed by atoms with Crippen molar-refractivity contribution >= 4 is 46.3 Å². The fourth-order valence-electron chi connectivity index (χ4n) is 4.11. The molecule has 13 heteroatoms. The van der Waals surface area contributed by atoms with Crippen LogP contribution in [0.2, 0.25) is 0 Å². The molecule has 3 aromatic rings. The molecule has 220 valence electrons. The fraction of sp³-hybridized carbons (Fsp3) is 0.207. The normalized spacial score (nSPS) is 15.0. The minimum Gasteiger partial charge on any atom is -0.494 e. The lowest BCUT2D eigenvalue weighted by Gasteiger charge is -2.15. The van der Waals surface area contributed by atoms with E-state index in [2.05, 4.69) is 0 Å². The summed E-state index contributed by atoms with van der Waals surface area (Å²) in [4.78, 5) is 25.5. The molecule has 1 aliphatic rings. The molecule has 0 aromatic heterocycles. The number of amides is 1. The number of nitrogens with zero attached hydrogens (tertiary/aromatic N) is 1. The van der Waals surface area contributed by atoms with Crippen molar-refractivity contribution in [2.45, 2.75) is 25.2 Å². The van der Waals surface area contributed by atoms with Crippen LogP contribution in [0, 0.1) is 0 Å². The molecule has 1 fully saturated rings. The van der Waals surface area contributed by atoms with Crippen molar-refractivity contribution in [3.05, 3.63) is 93.9 Å². The SMILES string of the molecule is O=C(O)Cc1cccc(OCCCN2C(=O)C(=Cc3cccc(-c4cc(C(F)(F)F)cc(C(F)(F)F)c4)c3)SC2=S)c1. The van der Waals surface area contributed by atoms with Gasteiger partial charge in [-0.1, -0.05) is 54.3 Å². The molecule has 1 amide bonds. The standard InChI is InChI=1S/C29H21F6NO4S2/c30-28(31,32)21-14-20(15-22(16-21)29(33,34)35)19-6-1-4-17(10-19)12-24-26(39)36(27(41)42-24)8-3-9-40-23-7-2-5-18(11-23)13-25(37)38/h1-2,4-7,10-12,14-16H,3,8-9,13H2,(H,37,38). The lowest BCUT2D eigenvalue weighted by atomic mass is 9.97. The van der Waals surface area contributed by atoms with Gasteiger partial charge >= 0.3 is 18.3 Å². The summed E-state index contributed by atoms with van der Waals surface area (Å²) in [7, 11) is 0. The zero-order chi connectivity index (χ0) is 30.7. The van der Waals surface area contributed by atoms with Gasteiger partial charge in [0.25, 0.3) is 5.91 Å². The van der Waals surface area contributed by atoms with Crippen molar-refractivity contribution in [3.8, 4) is 16.9 Å². The fourth-order valence-corrected chi connectivity index (χ4v) is 5.41. The molecule has 1 aliphatic heterocycles. The van der Waals surface area contributed by atoms with E-state index < -0.39 is 35.4 Å². The molecular weight excluding hydrogens is 604 g/mol. The van der Waals surface area contributed by atoms with Gasteiger partial charge < -0.3 is 9.84 Å². The molecule has 0 radical (unpaired) electrons. The first-order valence-electron chi connectivity index (χ1n) is 12.3. The second-order valence-corrected chi connectivity index (χ2v) is 10.8. The Morgan fingerprint density at radius 2 is 1.60 bits per heavy atom. The summed E-state index contributed by atoms with van der Waals surface area (Å²) in [6, 6.07) is 13.8. The summed E-state index contributed by atoms with van der Waals surface area (Å²) in [6.45, 7) is 0.465. The number of alkyl halides is 6. The zero-order valence-corrected chi connectivity index (χ0v) is 23.1. The third-order valence-electron chi connectivity index (χ3n) is 6.03. The lowest BCUT2D eigenvalue weighted by molar-refractivity contribution is -0.143. The van der Waals surface area contributed by atoms with E-state index in [9.17, 15) is 35.9 Å². The number of thiocarbonyl (C=S) groups is 1. The van der Waals surface area contributed by atoms with Gasteiger partial charge in [0.05, 0.1) is 29.1 Å². The van der Waals surface area contributed by atoms with E-state index in [-0.39, 0.29) is 41.7 Å². The van der Waals surface area contributed by atoms with E-state index in [1.807, 2.05) is 0 Å². The van der Waals surface area contributed by atoms with Gasteiger partial charge in [0.15, 0.2) is 0 Å². The maximum atomic E-state index is 13.3. The van der Waals surface area contributed by atoms with Crippen LogP contribution >= 0.6 is 24.0 Å². The van der Waals surface area contributed by atoms with Gasteiger partial charge in [-0.15, -0.1) is 0 Å². The highest BCUT2D eigenvalue weighted by Crippen LogP contribution is 2.39. The van der Waals surface area contributed by atoms with Crippen LogP contribution in [0.3, 0.4) is 0 Å². The monoisotopic (exact) mass is 625 g/mol. The van der Waals surface area contributed by atoms with Crippen LogP contribution in [0.1, 0.15) is 28.7 Å². The number of carbonyl (C=O) groups is 2. The number of thioether (sulfide) groups is 1. The van der Waals surface area contributed by atoms with E-state index in [0.717, 1.165) is 11.8 Å². The molecule has 0 aliphatic carbocycles. The smallest absolute Gasteiger partial charge is 0.416 e. The number of ether oxygens (including phenoxy) is 1. The Labute approximate surface area is 245 Å². The quantitative estimate of drug-likeness (QED) is 0.114. The van der Waals surface area contributed by atoms with Crippen LogP contribution in [-0.4, -0.2) is 39.4 Å². The molecule has 5 nitrogen and oxygen atoms in total. The Morgan fingerprint density at radius 1 is 0.929 bits per heavy atom. The number of benzene rings is 3. The Morgan fingerprint density at radius 3 is 2.24 bits per heavy atom. The molecular formula is C29H21F6NO4S2. The Bertz CT molecular complexity index is 1520. The number of halogens is 6. The summed E-state index contributed by atoms with van der Waals surface area (Å²) in [6.07, 6.45) is -8.20. The number of rotatable bonds is 9. The maximum Gasteiger partial charge on any atom is 0.416 e. The molecule has 0 unspecified atom stereocenters. The van der Waals surface area contributed by atoms with Gasteiger partial charge in [-0.05, 0) is 71.1 Å². The van der Waals surface area contributed by atoms with Crippen LogP contribution < -0.4 is 4.74 Å². The Kier molecular flexibility index (Phi) is 9.31. The molecule has 1 N–H and O–H groups in total. The summed E-state index contributed by atoms with van der Waals surface area (Å²) >= 11 is 6.36. The highest BCUT2D eigenvalue weighted by atomic mass is 32.2. The molecule has 1 saturated heterocycles. The third-order valence-corrected chi connectivity index (χ3v) is 7.41. The Balaban J connectivity index is 1.45. The predicted molar refractivity (Wildman–Crippen MR) is 150 cm³/mol. The van der Waals surface area contributed by atoms with Crippen molar-refractivity contribution in [2.75, 3.05) is 13.2 Å². The second kappa shape index (κ2) is 12.6. The molecule has 0 atom stereocenters. The molecule has 0 bridgehead atoms. The summed E-state index contributed by atoms with van der Waals surface area (Å²) < 4.78 is 85.8. The maximum absolute atomic E-state index is 13.3. The van der Waals surface area contributed by atoms with Crippen molar-refractivity contribution < 1.29 is 45.8 Å². The molecule has 0 saturated carbocycles. The van der Waals surface area contributed by atoms with Crippen LogP contribution in [-0.2, 0) is 28.4 Å². The summed E-state index contributed by atoms with van der Waals surface area (Å²) in [5.41, 5.74) is -2.02. The minimum absolute atomic E-state index is 0.0697. The van der Waals surface area contributed by atoms with Crippen LogP contribution in [0.25, 0.3) is 17.2 Å².